The smallest absolute Gasteiger partial charge is 0.265 e. The summed E-state index contributed by atoms with van der Waals surface area (Å²) in [5.41, 5.74) is 3.81. The van der Waals surface area contributed by atoms with Crippen molar-refractivity contribution in [3.63, 3.8) is 0 Å². The molecule has 4 rings (SSSR count). The summed E-state index contributed by atoms with van der Waals surface area (Å²) in [5, 5.41) is 2.80. The van der Waals surface area contributed by atoms with Crippen molar-refractivity contribution in [2.45, 2.75) is 11.8 Å². The second-order valence-corrected chi connectivity index (χ2v) is 9.13. The number of hydrogen-bond acceptors (Lipinski definition) is 6. The molecule has 0 atom stereocenters. The SMILES string of the molecule is COc1ccc(C)cc1S(=O)(=O)Nc1cccc(-c2csc(-c3cccnc3)n2)c1. The van der Waals surface area contributed by atoms with Gasteiger partial charge in [-0.25, -0.2) is 13.4 Å². The average Bonchev–Trinajstić information content (AvgIpc) is 3.25. The third kappa shape index (κ3) is 4.19. The number of hydrogen-bond donors (Lipinski definition) is 1. The van der Waals surface area contributed by atoms with Crippen LogP contribution in [0.3, 0.4) is 0 Å². The monoisotopic (exact) mass is 437 g/mol. The Morgan fingerprint density at radius 1 is 1.03 bits per heavy atom. The van der Waals surface area contributed by atoms with Gasteiger partial charge in [-0.15, -0.1) is 11.3 Å². The number of thiazole rings is 1. The molecule has 152 valence electrons. The summed E-state index contributed by atoms with van der Waals surface area (Å²) in [4.78, 5) is 8.89. The number of pyridine rings is 1. The highest BCUT2D eigenvalue weighted by Gasteiger charge is 2.20. The van der Waals surface area contributed by atoms with Crippen LogP contribution in [0, 0.1) is 6.92 Å². The first-order valence-corrected chi connectivity index (χ1v) is 11.5. The number of rotatable bonds is 6. The first-order chi connectivity index (χ1) is 14.5. The maximum absolute atomic E-state index is 13.0. The molecule has 0 aliphatic rings. The molecule has 0 saturated heterocycles. The molecular formula is C22H19N3O3S2. The Bertz CT molecular complexity index is 1290. The Hall–Kier alpha value is -3.23. The van der Waals surface area contributed by atoms with E-state index >= 15 is 0 Å². The Morgan fingerprint density at radius 2 is 1.87 bits per heavy atom. The van der Waals surface area contributed by atoms with Crippen LogP contribution in [0.15, 0.2) is 77.3 Å². The highest BCUT2D eigenvalue weighted by molar-refractivity contribution is 7.92. The van der Waals surface area contributed by atoms with Gasteiger partial charge in [-0.1, -0.05) is 18.2 Å². The predicted molar refractivity (Wildman–Crippen MR) is 119 cm³/mol. The molecule has 2 aromatic heterocycles. The minimum atomic E-state index is -3.82. The zero-order chi connectivity index (χ0) is 21.1. The summed E-state index contributed by atoms with van der Waals surface area (Å²) in [6, 6.07) is 16.0. The first-order valence-electron chi connectivity index (χ1n) is 9.10. The van der Waals surface area contributed by atoms with Crippen molar-refractivity contribution >= 4 is 27.0 Å². The zero-order valence-electron chi connectivity index (χ0n) is 16.4. The molecular weight excluding hydrogens is 418 g/mol. The van der Waals surface area contributed by atoms with E-state index in [1.807, 2.05) is 30.5 Å². The van der Waals surface area contributed by atoms with Gasteiger partial charge in [0.25, 0.3) is 10.0 Å². The molecule has 0 aliphatic heterocycles. The summed E-state index contributed by atoms with van der Waals surface area (Å²) in [6.07, 6.45) is 3.49. The number of sulfonamides is 1. The van der Waals surface area contributed by atoms with Gasteiger partial charge in [0.05, 0.1) is 12.8 Å². The van der Waals surface area contributed by atoms with Crippen LogP contribution in [-0.2, 0) is 10.0 Å². The van der Waals surface area contributed by atoms with Gasteiger partial charge in [-0.05, 0) is 48.9 Å². The van der Waals surface area contributed by atoms with Gasteiger partial charge >= 0.3 is 0 Å². The number of nitrogens with zero attached hydrogens (tertiary/aromatic N) is 2. The molecule has 1 N–H and O–H groups in total. The number of benzene rings is 2. The number of aryl methyl sites for hydroxylation is 1. The standard InChI is InChI=1S/C22H19N3O3S2/c1-15-8-9-20(28-2)21(11-15)30(26,27)25-18-7-3-5-16(12-18)19-14-29-22(24-19)17-6-4-10-23-13-17/h3-14,25H,1-2H3. The predicted octanol–water partition coefficient (Wildman–Crippen LogP) is 4.99. The molecule has 0 unspecified atom stereocenters. The van der Waals surface area contributed by atoms with Crippen LogP contribution in [-0.4, -0.2) is 25.5 Å². The van der Waals surface area contributed by atoms with Crippen LogP contribution in [0.1, 0.15) is 5.56 Å². The van der Waals surface area contributed by atoms with Crippen molar-refractivity contribution in [2.75, 3.05) is 11.8 Å². The van der Waals surface area contributed by atoms with Gasteiger partial charge in [0, 0.05) is 34.6 Å². The molecule has 0 amide bonds. The highest BCUT2D eigenvalue weighted by Crippen LogP contribution is 2.31. The number of ether oxygens (including phenoxy) is 1. The van der Waals surface area contributed by atoms with E-state index in [1.54, 1.807) is 48.8 Å². The quantitative estimate of drug-likeness (QED) is 0.460. The van der Waals surface area contributed by atoms with Gasteiger partial charge in [-0.2, -0.15) is 0 Å². The van der Waals surface area contributed by atoms with Crippen molar-refractivity contribution in [3.8, 4) is 27.6 Å². The lowest BCUT2D eigenvalue weighted by molar-refractivity contribution is 0.402. The average molecular weight is 438 g/mol. The van der Waals surface area contributed by atoms with Crippen molar-refractivity contribution in [2.24, 2.45) is 0 Å². The minimum Gasteiger partial charge on any atom is -0.495 e. The fourth-order valence-corrected chi connectivity index (χ4v) is 5.10. The van der Waals surface area contributed by atoms with Crippen molar-refractivity contribution < 1.29 is 13.2 Å². The number of nitrogens with one attached hydrogen (secondary N) is 1. The van der Waals surface area contributed by atoms with Crippen LogP contribution >= 0.6 is 11.3 Å². The molecule has 30 heavy (non-hydrogen) atoms. The molecule has 0 bridgehead atoms. The van der Waals surface area contributed by atoms with E-state index in [4.69, 9.17) is 4.74 Å². The van der Waals surface area contributed by atoms with Gasteiger partial charge < -0.3 is 4.74 Å². The molecule has 0 radical (unpaired) electrons. The van der Waals surface area contributed by atoms with Gasteiger partial charge in [0.1, 0.15) is 15.7 Å². The zero-order valence-corrected chi connectivity index (χ0v) is 18.0. The summed E-state index contributed by atoms with van der Waals surface area (Å²) in [7, 11) is -2.37. The second kappa shape index (κ2) is 8.25. The Balaban J connectivity index is 1.63. The second-order valence-electron chi connectivity index (χ2n) is 6.62. The normalized spacial score (nSPS) is 11.3. The lowest BCUT2D eigenvalue weighted by Crippen LogP contribution is -2.14. The van der Waals surface area contributed by atoms with Crippen molar-refractivity contribution in [3.05, 3.63) is 77.9 Å². The molecule has 6 nitrogen and oxygen atoms in total. The highest BCUT2D eigenvalue weighted by atomic mass is 32.2. The van der Waals surface area contributed by atoms with Crippen molar-refractivity contribution in [1.29, 1.82) is 0 Å². The van der Waals surface area contributed by atoms with Crippen LogP contribution in [0.4, 0.5) is 5.69 Å². The molecule has 0 saturated carbocycles. The summed E-state index contributed by atoms with van der Waals surface area (Å²) in [6.45, 7) is 1.83. The van der Waals surface area contributed by atoms with E-state index < -0.39 is 10.0 Å². The third-order valence-corrected chi connectivity index (χ3v) is 6.73. The van der Waals surface area contributed by atoms with Crippen LogP contribution in [0.2, 0.25) is 0 Å². The first kappa shape index (κ1) is 20.1. The summed E-state index contributed by atoms with van der Waals surface area (Å²) < 4.78 is 33.8. The lowest BCUT2D eigenvalue weighted by Gasteiger charge is -2.13. The molecule has 0 spiro atoms. The largest absolute Gasteiger partial charge is 0.495 e. The lowest BCUT2D eigenvalue weighted by atomic mass is 10.1. The van der Waals surface area contributed by atoms with E-state index in [0.29, 0.717) is 11.4 Å². The number of methoxy groups -OCH3 is 1. The molecule has 2 aromatic carbocycles. The van der Waals surface area contributed by atoms with Gasteiger partial charge in [0.15, 0.2) is 0 Å². The number of aromatic nitrogens is 2. The molecule has 0 fully saturated rings. The Labute approximate surface area is 179 Å². The van der Waals surface area contributed by atoms with Gasteiger partial charge in [-0.3, -0.25) is 9.71 Å². The molecule has 4 aromatic rings. The van der Waals surface area contributed by atoms with Crippen LogP contribution in [0.5, 0.6) is 5.75 Å². The minimum absolute atomic E-state index is 0.0999. The molecule has 8 heteroatoms. The fraction of sp³-hybridized carbons (Fsp3) is 0.0909. The van der Waals surface area contributed by atoms with Crippen LogP contribution in [0.25, 0.3) is 21.8 Å². The Kier molecular flexibility index (Phi) is 5.52. The van der Waals surface area contributed by atoms with Crippen LogP contribution < -0.4 is 9.46 Å². The maximum atomic E-state index is 13.0. The van der Waals surface area contributed by atoms with Gasteiger partial charge in [0.2, 0.25) is 0 Å². The van der Waals surface area contributed by atoms with Crippen molar-refractivity contribution in [1.82, 2.24) is 9.97 Å². The number of anilines is 1. The summed E-state index contributed by atoms with van der Waals surface area (Å²) >= 11 is 1.51. The molecule has 0 aliphatic carbocycles. The topological polar surface area (TPSA) is 81.2 Å². The van der Waals surface area contributed by atoms with E-state index in [2.05, 4.69) is 14.7 Å². The van der Waals surface area contributed by atoms with E-state index in [9.17, 15) is 8.42 Å². The van der Waals surface area contributed by atoms with E-state index in [0.717, 1.165) is 27.4 Å². The third-order valence-electron chi connectivity index (χ3n) is 4.43. The Morgan fingerprint density at radius 3 is 2.63 bits per heavy atom. The maximum Gasteiger partial charge on any atom is 0.265 e. The van der Waals surface area contributed by atoms with E-state index in [1.165, 1.54) is 18.4 Å². The van der Waals surface area contributed by atoms with E-state index in [-0.39, 0.29) is 4.90 Å². The molecule has 2 heterocycles. The summed E-state index contributed by atoms with van der Waals surface area (Å²) in [5.74, 6) is 0.296. The fourth-order valence-electron chi connectivity index (χ4n) is 2.97.